The number of halogens is 2. The molecule has 12 heteroatoms. The number of pyridine rings is 1. The number of imidazole rings is 1. The molecule has 4 aromatic rings. The summed E-state index contributed by atoms with van der Waals surface area (Å²) in [6.07, 6.45) is 9.16. The number of hydrogen-bond acceptors (Lipinski definition) is 8. The number of carbonyl (C=O) groups excluding carboxylic acids is 1. The second-order valence-electron chi connectivity index (χ2n) is 10.8. The molecule has 0 unspecified atom stereocenters. The van der Waals surface area contributed by atoms with Crippen LogP contribution in [0.5, 0.6) is 11.6 Å². The van der Waals surface area contributed by atoms with Crippen LogP contribution in [-0.4, -0.2) is 61.5 Å². The van der Waals surface area contributed by atoms with Gasteiger partial charge in [0.1, 0.15) is 0 Å². The van der Waals surface area contributed by atoms with Crippen LogP contribution < -0.4 is 15.0 Å². The summed E-state index contributed by atoms with van der Waals surface area (Å²) in [5.41, 5.74) is 3.73. The molecule has 0 atom stereocenters. The monoisotopic (exact) mass is 606 g/mol. The van der Waals surface area contributed by atoms with E-state index < -0.39 is 0 Å². The molecule has 1 fully saturated rings. The van der Waals surface area contributed by atoms with Gasteiger partial charge in [0, 0.05) is 61.0 Å². The second-order valence-corrected chi connectivity index (χ2v) is 11.7. The molecule has 6 rings (SSSR count). The Morgan fingerprint density at radius 1 is 1.00 bits per heavy atom. The highest BCUT2D eigenvalue weighted by molar-refractivity contribution is 6.35. The minimum absolute atomic E-state index is 0.0232. The average Bonchev–Trinajstić information content (AvgIpc) is 3.45. The van der Waals surface area contributed by atoms with Crippen molar-refractivity contribution in [1.82, 2.24) is 34.7 Å². The van der Waals surface area contributed by atoms with Gasteiger partial charge in [0.05, 0.1) is 36.7 Å². The summed E-state index contributed by atoms with van der Waals surface area (Å²) < 4.78 is 8.34. The van der Waals surface area contributed by atoms with Crippen LogP contribution in [0, 0.1) is 5.92 Å². The van der Waals surface area contributed by atoms with E-state index in [1.54, 1.807) is 25.4 Å². The Balaban J connectivity index is 1.19. The van der Waals surface area contributed by atoms with Crippen LogP contribution in [0.1, 0.15) is 31.0 Å². The lowest BCUT2D eigenvalue weighted by atomic mass is 9.96. The van der Waals surface area contributed by atoms with E-state index in [0.29, 0.717) is 40.1 Å². The molecule has 1 saturated heterocycles. The standard InChI is InChI=1S/C30H32Cl2N8O2/c1-20(41)34-13-21-2-4-38(5-3-21)17-22-8-28(23-10-24(31)12-25(32)11-23)37-29(9-22)42-27-15-35-30(36-16-27)39-6-7-40-19-33-14-26(40)18-39/h8-12,14-16,19,21H,2-7,13,17-18H2,1H3,(H,34,41). The fourth-order valence-electron chi connectivity index (χ4n) is 5.45. The van der Waals surface area contributed by atoms with Crippen molar-refractivity contribution in [3.05, 3.63) is 76.6 Å². The van der Waals surface area contributed by atoms with Crippen LogP contribution >= 0.6 is 23.2 Å². The summed E-state index contributed by atoms with van der Waals surface area (Å²) in [5.74, 6) is 2.11. The van der Waals surface area contributed by atoms with Crippen LogP contribution in [0.25, 0.3) is 11.3 Å². The number of amides is 1. The van der Waals surface area contributed by atoms with Crippen molar-refractivity contribution in [3.63, 3.8) is 0 Å². The lowest BCUT2D eigenvalue weighted by molar-refractivity contribution is -0.119. The molecule has 0 aliphatic carbocycles. The number of anilines is 1. The highest BCUT2D eigenvalue weighted by Crippen LogP contribution is 2.31. The first-order valence-corrected chi connectivity index (χ1v) is 14.8. The topological polar surface area (TPSA) is 101 Å². The number of benzene rings is 1. The number of carbonyl (C=O) groups is 1. The Bertz CT molecular complexity index is 1530. The van der Waals surface area contributed by atoms with Gasteiger partial charge in [0.2, 0.25) is 17.7 Å². The molecule has 10 nitrogen and oxygen atoms in total. The molecule has 0 spiro atoms. The number of hydrogen-bond donors (Lipinski definition) is 1. The summed E-state index contributed by atoms with van der Waals surface area (Å²) in [4.78, 5) is 34.0. The van der Waals surface area contributed by atoms with Crippen LogP contribution in [0.2, 0.25) is 10.0 Å². The number of piperidine rings is 1. The zero-order chi connectivity index (χ0) is 29.1. The molecule has 42 heavy (non-hydrogen) atoms. The third kappa shape index (κ3) is 7.00. The number of rotatable bonds is 8. The fraction of sp³-hybridized carbons (Fsp3) is 0.367. The van der Waals surface area contributed by atoms with Gasteiger partial charge >= 0.3 is 0 Å². The molecule has 0 bridgehead atoms. The van der Waals surface area contributed by atoms with Gasteiger partial charge in [-0.25, -0.2) is 19.9 Å². The molecule has 1 N–H and O–H groups in total. The first kappa shape index (κ1) is 28.4. The van der Waals surface area contributed by atoms with Crippen molar-refractivity contribution >= 4 is 35.1 Å². The average molecular weight is 608 g/mol. The third-order valence-corrected chi connectivity index (χ3v) is 8.09. The van der Waals surface area contributed by atoms with E-state index in [-0.39, 0.29) is 5.91 Å². The van der Waals surface area contributed by atoms with Gasteiger partial charge in [0.15, 0.2) is 5.75 Å². The molecule has 2 aliphatic heterocycles. The van der Waals surface area contributed by atoms with Crippen LogP contribution in [0.15, 0.2) is 55.2 Å². The van der Waals surface area contributed by atoms with Gasteiger partial charge in [-0.15, -0.1) is 0 Å². The molecule has 5 heterocycles. The summed E-state index contributed by atoms with van der Waals surface area (Å²) >= 11 is 12.6. The lowest BCUT2D eigenvalue weighted by Gasteiger charge is -2.32. The maximum atomic E-state index is 11.3. The Morgan fingerprint density at radius 2 is 1.76 bits per heavy atom. The van der Waals surface area contributed by atoms with Gasteiger partial charge in [-0.05, 0) is 61.7 Å². The van der Waals surface area contributed by atoms with E-state index in [1.807, 2.05) is 30.7 Å². The van der Waals surface area contributed by atoms with Crippen molar-refractivity contribution in [2.45, 2.75) is 39.4 Å². The third-order valence-electron chi connectivity index (χ3n) is 7.65. The molecule has 1 amide bonds. The summed E-state index contributed by atoms with van der Waals surface area (Å²) in [5, 5.41) is 4.03. The normalized spacial score (nSPS) is 15.8. The number of aromatic nitrogens is 5. The van der Waals surface area contributed by atoms with Gasteiger partial charge < -0.3 is 19.5 Å². The van der Waals surface area contributed by atoms with Gasteiger partial charge in [-0.1, -0.05) is 23.2 Å². The Morgan fingerprint density at radius 3 is 2.50 bits per heavy atom. The van der Waals surface area contributed by atoms with E-state index in [0.717, 1.165) is 74.6 Å². The first-order valence-electron chi connectivity index (χ1n) is 14.1. The molecule has 2 aliphatic rings. The number of nitrogens with one attached hydrogen (secondary N) is 1. The zero-order valence-corrected chi connectivity index (χ0v) is 24.9. The molecule has 218 valence electrons. The predicted molar refractivity (Wildman–Crippen MR) is 162 cm³/mol. The minimum Gasteiger partial charge on any atom is -0.436 e. The van der Waals surface area contributed by atoms with Crippen molar-refractivity contribution in [2.24, 2.45) is 5.92 Å². The SMILES string of the molecule is CC(=O)NCC1CCN(Cc2cc(Oc3cnc(N4CCn5cncc5C4)nc3)nc(-c3cc(Cl)cc(Cl)c3)c2)CC1. The minimum atomic E-state index is 0.0232. The summed E-state index contributed by atoms with van der Waals surface area (Å²) in [6, 6.07) is 9.41. The number of fused-ring (bicyclic) bond motifs is 1. The molecule has 0 radical (unpaired) electrons. The Hall–Kier alpha value is -3.73. The molecule has 0 saturated carbocycles. The number of ether oxygens (including phenoxy) is 1. The number of likely N-dealkylation sites (tertiary alicyclic amines) is 1. The molecule has 1 aromatic carbocycles. The second kappa shape index (κ2) is 12.6. The zero-order valence-electron chi connectivity index (χ0n) is 23.3. The van der Waals surface area contributed by atoms with Crippen LogP contribution in [-0.2, 0) is 24.4 Å². The molecular weight excluding hydrogens is 575 g/mol. The molecule has 3 aromatic heterocycles. The maximum Gasteiger partial charge on any atom is 0.225 e. The van der Waals surface area contributed by atoms with Gasteiger partial charge in [-0.3, -0.25) is 9.69 Å². The van der Waals surface area contributed by atoms with E-state index in [1.165, 1.54) is 0 Å². The summed E-state index contributed by atoms with van der Waals surface area (Å²) in [7, 11) is 0. The molecular formula is C30H32Cl2N8O2. The largest absolute Gasteiger partial charge is 0.436 e. The van der Waals surface area contributed by atoms with Crippen LogP contribution in [0.4, 0.5) is 5.95 Å². The van der Waals surface area contributed by atoms with Gasteiger partial charge in [-0.2, -0.15) is 0 Å². The Labute approximate surface area is 254 Å². The quantitative estimate of drug-likeness (QED) is 0.292. The smallest absolute Gasteiger partial charge is 0.225 e. The van der Waals surface area contributed by atoms with Crippen molar-refractivity contribution < 1.29 is 9.53 Å². The first-order chi connectivity index (χ1) is 20.4. The van der Waals surface area contributed by atoms with E-state index >= 15 is 0 Å². The maximum absolute atomic E-state index is 11.3. The van der Waals surface area contributed by atoms with Crippen molar-refractivity contribution in [3.8, 4) is 22.9 Å². The number of nitrogens with zero attached hydrogens (tertiary/aromatic N) is 7. The van der Waals surface area contributed by atoms with Crippen molar-refractivity contribution in [1.29, 1.82) is 0 Å². The van der Waals surface area contributed by atoms with E-state index in [4.69, 9.17) is 32.9 Å². The highest BCUT2D eigenvalue weighted by atomic mass is 35.5. The summed E-state index contributed by atoms with van der Waals surface area (Å²) in [6.45, 7) is 7.31. The highest BCUT2D eigenvalue weighted by Gasteiger charge is 2.21. The van der Waals surface area contributed by atoms with Gasteiger partial charge in [0.25, 0.3) is 0 Å². The Kier molecular flexibility index (Phi) is 8.55. The van der Waals surface area contributed by atoms with Crippen LogP contribution in [0.3, 0.4) is 0 Å². The van der Waals surface area contributed by atoms with Crippen molar-refractivity contribution in [2.75, 3.05) is 31.1 Å². The predicted octanol–water partition coefficient (Wildman–Crippen LogP) is 5.20. The van der Waals surface area contributed by atoms with E-state index in [2.05, 4.69) is 40.7 Å². The lowest BCUT2D eigenvalue weighted by Crippen LogP contribution is -2.37. The fourth-order valence-corrected chi connectivity index (χ4v) is 5.97. The van der Waals surface area contributed by atoms with E-state index in [9.17, 15) is 4.79 Å².